The second kappa shape index (κ2) is 6.34. The van der Waals surface area contributed by atoms with Gasteiger partial charge < -0.3 is 9.15 Å². The van der Waals surface area contributed by atoms with E-state index in [9.17, 15) is 0 Å². The Labute approximate surface area is 128 Å². The van der Waals surface area contributed by atoms with Gasteiger partial charge in [0.15, 0.2) is 5.58 Å². The summed E-state index contributed by atoms with van der Waals surface area (Å²) in [5.41, 5.74) is 3.52. The van der Waals surface area contributed by atoms with Crippen molar-refractivity contribution >= 4 is 22.6 Å². The summed E-state index contributed by atoms with van der Waals surface area (Å²) in [6, 6.07) is 7.48. The van der Waals surface area contributed by atoms with E-state index in [-0.39, 0.29) is 12.1 Å². The van der Waals surface area contributed by atoms with Gasteiger partial charge in [-0.25, -0.2) is 5.43 Å². The number of morpholine rings is 1. The van der Waals surface area contributed by atoms with Crippen molar-refractivity contribution in [3.8, 4) is 0 Å². The zero-order valence-electron chi connectivity index (χ0n) is 12.0. The Morgan fingerprint density at radius 2 is 2.38 bits per heavy atom. The second-order valence-electron chi connectivity index (χ2n) is 5.25. The normalized spacial score (nSPS) is 21.8. The van der Waals surface area contributed by atoms with Gasteiger partial charge in [-0.05, 0) is 18.7 Å². The largest absolute Gasteiger partial charge is 0.458 e. The molecule has 1 aliphatic heterocycles. The molecule has 5 nitrogen and oxygen atoms in total. The number of likely N-dealkylation sites (N-methyl/N-ethyl adjacent to an activating group) is 1. The fourth-order valence-corrected chi connectivity index (χ4v) is 3.01. The Morgan fingerprint density at radius 1 is 1.52 bits per heavy atom. The van der Waals surface area contributed by atoms with Crippen LogP contribution in [0.4, 0.5) is 0 Å². The lowest BCUT2D eigenvalue weighted by atomic mass is 10.1. The average molecular weight is 310 g/mol. The van der Waals surface area contributed by atoms with E-state index in [0.717, 1.165) is 30.8 Å². The van der Waals surface area contributed by atoms with Gasteiger partial charge in [0.1, 0.15) is 11.8 Å². The maximum Gasteiger partial charge on any atom is 0.152 e. The summed E-state index contributed by atoms with van der Waals surface area (Å²) in [5, 5.41) is 1.58. The van der Waals surface area contributed by atoms with Gasteiger partial charge in [-0.2, -0.15) is 0 Å². The van der Waals surface area contributed by atoms with Crippen molar-refractivity contribution in [1.82, 2.24) is 10.3 Å². The molecule has 1 aromatic carbocycles. The fourth-order valence-electron chi connectivity index (χ4n) is 2.79. The fraction of sp³-hybridized carbons (Fsp3) is 0.467. The van der Waals surface area contributed by atoms with Crippen molar-refractivity contribution in [1.29, 1.82) is 0 Å². The van der Waals surface area contributed by atoms with E-state index in [1.54, 1.807) is 0 Å². The molecule has 1 aliphatic rings. The van der Waals surface area contributed by atoms with Gasteiger partial charge in [0, 0.05) is 18.5 Å². The van der Waals surface area contributed by atoms with Crippen molar-refractivity contribution in [3.63, 3.8) is 0 Å². The van der Waals surface area contributed by atoms with Crippen molar-refractivity contribution in [2.45, 2.75) is 19.1 Å². The van der Waals surface area contributed by atoms with E-state index in [2.05, 4.69) is 17.2 Å². The number of nitrogens with one attached hydrogen (secondary N) is 1. The highest BCUT2D eigenvalue weighted by atomic mass is 35.5. The van der Waals surface area contributed by atoms with E-state index in [4.69, 9.17) is 26.6 Å². The van der Waals surface area contributed by atoms with Crippen LogP contribution >= 0.6 is 11.6 Å². The number of hydrazine groups is 1. The third-order valence-electron chi connectivity index (χ3n) is 4.00. The van der Waals surface area contributed by atoms with Gasteiger partial charge in [-0.15, -0.1) is 0 Å². The predicted octanol–water partition coefficient (Wildman–Crippen LogP) is 2.31. The zero-order valence-corrected chi connectivity index (χ0v) is 12.8. The highest BCUT2D eigenvalue weighted by Gasteiger charge is 2.30. The number of fused-ring (bicyclic) bond motifs is 1. The highest BCUT2D eigenvalue weighted by molar-refractivity contribution is 6.34. The summed E-state index contributed by atoms with van der Waals surface area (Å²) < 4.78 is 11.8. The molecule has 6 heteroatoms. The average Bonchev–Trinajstić information content (AvgIpc) is 2.93. The molecule has 114 valence electrons. The minimum atomic E-state index is -0.192. The summed E-state index contributed by atoms with van der Waals surface area (Å²) in [5.74, 6) is 6.49. The molecule has 0 amide bonds. The van der Waals surface area contributed by atoms with Gasteiger partial charge >= 0.3 is 0 Å². The second-order valence-corrected chi connectivity index (χ2v) is 5.66. The lowest BCUT2D eigenvalue weighted by Crippen LogP contribution is -2.49. The highest BCUT2D eigenvalue weighted by Crippen LogP contribution is 2.31. The molecule has 1 saturated heterocycles. The first-order valence-corrected chi connectivity index (χ1v) is 7.58. The topological polar surface area (TPSA) is 63.7 Å². The maximum absolute atomic E-state index is 6.16. The van der Waals surface area contributed by atoms with E-state index in [0.29, 0.717) is 17.2 Å². The van der Waals surface area contributed by atoms with Gasteiger partial charge in [0.25, 0.3) is 0 Å². The molecule has 0 saturated carbocycles. The molecule has 2 aromatic rings. The number of hydrogen-bond donors (Lipinski definition) is 2. The first kappa shape index (κ1) is 14.8. The van der Waals surface area contributed by atoms with Crippen LogP contribution in [0.25, 0.3) is 11.0 Å². The van der Waals surface area contributed by atoms with Crippen molar-refractivity contribution in [2.75, 3.05) is 26.2 Å². The van der Waals surface area contributed by atoms with Gasteiger partial charge in [0.05, 0.1) is 17.7 Å². The SMILES string of the molecule is CCN1CCOC(C(NN)c2cc3cccc(Cl)c3o2)C1. The quantitative estimate of drug-likeness (QED) is 0.670. The Kier molecular flexibility index (Phi) is 4.47. The standard InChI is InChI=1S/C15H20ClN3O2/c1-2-19-6-7-20-13(9-19)14(18-17)12-8-10-4-3-5-11(16)15(10)21-12/h3-5,8,13-14,18H,2,6-7,9,17H2,1H3. The Bertz CT molecular complexity index is 616. The number of halogens is 1. The molecule has 0 radical (unpaired) electrons. The molecule has 0 spiro atoms. The van der Waals surface area contributed by atoms with Crippen molar-refractivity contribution in [3.05, 3.63) is 35.0 Å². The third-order valence-corrected chi connectivity index (χ3v) is 4.30. The van der Waals surface area contributed by atoms with E-state index in [1.807, 2.05) is 24.3 Å². The van der Waals surface area contributed by atoms with Gasteiger partial charge in [-0.1, -0.05) is 30.7 Å². The number of nitrogens with zero attached hydrogens (tertiary/aromatic N) is 1. The smallest absolute Gasteiger partial charge is 0.152 e. The molecule has 21 heavy (non-hydrogen) atoms. The van der Waals surface area contributed by atoms with Gasteiger partial charge in [0.2, 0.25) is 0 Å². The first-order chi connectivity index (χ1) is 10.2. The molecule has 2 atom stereocenters. The Morgan fingerprint density at radius 3 is 3.10 bits per heavy atom. The molecule has 2 heterocycles. The van der Waals surface area contributed by atoms with Crippen LogP contribution in [0.3, 0.4) is 0 Å². The van der Waals surface area contributed by atoms with Crippen LogP contribution in [0.1, 0.15) is 18.7 Å². The number of hydrogen-bond acceptors (Lipinski definition) is 5. The Balaban J connectivity index is 1.89. The molecule has 2 unspecified atom stereocenters. The molecular weight excluding hydrogens is 290 g/mol. The minimum Gasteiger partial charge on any atom is -0.458 e. The molecule has 0 bridgehead atoms. The number of ether oxygens (including phenoxy) is 1. The van der Waals surface area contributed by atoms with Crippen LogP contribution in [-0.2, 0) is 4.74 Å². The van der Waals surface area contributed by atoms with Crippen molar-refractivity contribution < 1.29 is 9.15 Å². The zero-order chi connectivity index (χ0) is 14.8. The number of rotatable bonds is 4. The summed E-state index contributed by atoms with van der Waals surface area (Å²) in [7, 11) is 0. The minimum absolute atomic E-state index is 0.0389. The van der Waals surface area contributed by atoms with Gasteiger partial charge in [-0.3, -0.25) is 10.7 Å². The van der Waals surface area contributed by atoms with Crippen LogP contribution in [0.15, 0.2) is 28.7 Å². The monoisotopic (exact) mass is 309 g/mol. The molecular formula is C15H20ClN3O2. The summed E-state index contributed by atoms with van der Waals surface area (Å²) in [4.78, 5) is 2.34. The predicted molar refractivity (Wildman–Crippen MR) is 83.1 cm³/mol. The third kappa shape index (κ3) is 2.93. The molecule has 0 aliphatic carbocycles. The lowest BCUT2D eigenvalue weighted by Gasteiger charge is -2.35. The molecule has 3 N–H and O–H groups in total. The summed E-state index contributed by atoms with van der Waals surface area (Å²) >= 11 is 6.16. The van der Waals surface area contributed by atoms with Crippen LogP contribution in [0.5, 0.6) is 0 Å². The summed E-state index contributed by atoms with van der Waals surface area (Å²) in [6.45, 7) is 5.64. The summed E-state index contributed by atoms with van der Waals surface area (Å²) in [6.07, 6.45) is -0.0389. The number of benzene rings is 1. The number of para-hydroxylation sites is 1. The first-order valence-electron chi connectivity index (χ1n) is 7.21. The van der Waals surface area contributed by atoms with Crippen LogP contribution in [-0.4, -0.2) is 37.2 Å². The van der Waals surface area contributed by atoms with E-state index >= 15 is 0 Å². The van der Waals surface area contributed by atoms with Crippen molar-refractivity contribution in [2.24, 2.45) is 5.84 Å². The lowest BCUT2D eigenvalue weighted by molar-refractivity contribution is -0.0487. The number of furan rings is 1. The van der Waals surface area contributed by atoms with Crippen LogP contribution < -0.4 is 11.3 Å². The maximum atomic E-state index is 6.16. The van der Waals surface area contributed by atoms with Crippen LogP contribution in [0, 0.1) is 0 Å². The Hall–Kier alpha value is -1.11. The molecule has 1 fully saturated rings. The number of nitrogens with two attached hydrogens (primary N) is 1. The molecule has 3 rings (SSSR count). The van der Waals surface area contributed by atoms with Crippen LogP contribution in [0.2, 0.25) is 5.02 Å². The molecule has 1 aromatic heterocycles. The van der Waals surface area contributed by atoms with E-state index in [1.165, 1.54) is 0 Å². The van der Waals surface area contributed by atoms with E-state index < -0.39 is 0 Å².